The van der Waals surface area contributed by atoms with Gasteiger partial charge in [0.1, 0.15) is 23.5 Å². The summed E-state index contributed by atoms with van der Waals surface area (Å²) in [6.07, 6.45) is 3.26. The van der Waals surface area contributed by atoms with Gasteiger partial charge in [0, 0.05) is 35.5 Å². The number of benzene rings is 1. The third kappa shape index (κ3) is 4.12. The average Bonchev–Trinajstić information content (AvgIpc) is 3.40. The van der Waals surface area contributed by atoms with Gasteiger partial charge < -0.3 is 24.8 Å². The van der Waals surface area contributed by atoms with E-state index >= 15 is 4.39 Å². The molecule has 2 fully saturated rings. The van der Waals surface area contributed by atoms with Gasteiger partial charge in [-0.05, 0) is 53.0 Å². The minimum Gasteiger partial charge on any atom is -0.487 e. The van der Waals surface area contributed by atoms with Gasteiger partial charge in [-0.1, -0.05) is 12.7 Å². The summed E-state index contributed by atoms with van der Waals surface area (Å²) >= 11 is 0. The number of nitrogens with one attached hydrogen (secondary N) is 1. The fourth-order valence-electron chi connectivity index (χ4n) is 5.69. The number of rotatable bonds is 5. The molecule has 3 heterocycles. The first-order valence-corrected chi connectivity index (χ1v) is 12.6. The monoisotopic (exact) mass is 513 g/mol. The van der Waals surface area contributed by atoms with Gasteiger partial charge in [0.05, 0.1) is 11.6 Å². The highest BCUT2D eigenvalue weighted by Crippen LogP contribution is 2.50. The number of anilines is 1. The number of nitrogens with zero attached hydrogens (tertiary/aromatic N) is 2. The molecule has 2 aromatic rings. The van der Waals surface area contributed by atoms with Crippen molar-refractivity contribution in [2.75, 3.05) is 24.6 Å². The number of pyridine rings is 1. The van der Waals surface area contributed by atoms with Crippen LogP contribution in [0.15, 0.2) is 17.4 Å². The Balaban J connectivity index is 1.56. The van der Waals surface area contributed by atoms with Crippen LogP contribution >= 0.6 is 0 Å². The maximum Gasteiger partial charge on any atom is 0.408 e. The Kier molecular flexibility index (Phi) is 5.76. The summed E-state index contributed by atoms with van der Waals surface area (Å²) in [5.41, 5.74) is -1.34. The van der Waals surface area contributed by atoms with Gasteiger partial charge in [-0.2, -0.15) is 0 Å². The minimum atomic E-state index is -1.37. The predicted octanol–water partition coefficient (Wildman–Crippen LogP) is 4.32. The number of carboxylic acid groups (broad SMARTS) is 1. The lowest BCUT2D eigenvalue weighted by Crippen LogP contribution is -2.46. The van der Waals surface area contributed by atoms with E-state index in [9.17, 15) is 19.5 Å². The van der Waals surface area contributed by atoms with E-state index in [2.05, 4.69) is 11.9 Å². The highest BCUT2D eigenvalue weighted by molar-refractivity contribution is 6.01. The van der Waals surface area contributed by atoms with Gasteiger partial charge in [-0.25, -0.2) is 14.0 Å². The number of amides is 1. The third-order valence-electron chi connectivity index (χ3n) is 7.57. The number of hydrogen-bond acceptors (Lipinski definition) is 6. The van der Waals surface area contributed by atoms with Crippen molar-refractivity contribution in [1.29, 1.82) is 0 Å². The molecule has 3 aliphatic rings. The summed E-state index contributed by atoms with van der Waals surface area (Å²) in [6, 6.07) is 0.777. The first-order chi connectivity index (χ1) is 17.4. The quantitative estimate of drug-likeness (QED) is 0.613. The molecule has 2 aliphatic heterocycles. The standard InChI is InChI=1S/C27H32FN3O6/c1-6-16-17-11-18(24(33)34)23(32)31-14(2)13-36-22(20(17)31)21(19(16)28)30-10-7-15(12-30)27(8-9-27)29-25(35)37-26(3,4)5/h6,11,14-15H,1,7-10,12-13H2,2-5H3,(H,29,35)(H,33,34)/t14-,15+/m0/s1. The number of carbonyl (C=O) groups excluding carboxylic acids is 1. The molecule has 1 amide bonds. The molecule has 1 aromatic carbocycles. The van der Waals surface area contributed by atoms with Gasteiger partial charge in [0.2, 0.25) is 0 Å². The molecule has 5 rings (SSSR count). The van der Waals surface area contributed by atoms with Crippen LogP contribution < -0.4 is 20.5 Å². The minimum absolute atomic E-state index is 0.0774. The summed E-state index contributed by atoms with van der Waals surface area (Å²) in [6.45, 7) is 12.1. The highest BCUT2D eigenvalue weighted by atomic mass is 19.1. The van der Waals surface area contributed by atoms with E-state index in [1.54, 1.807) is 6.92 Å². The summed E-state index contributed by atoms with van der Waals surface area (Å²) in [4.78, 5) is 39.3. The molecule has 0 unspecified atom stereocenters. The molecule has 37 heavy (non-hydrogen) atoms. The topological polar surface area (TPSA) is 110 Å². The zero-order valence-electron chi connectivity index (χ0n) is 21.5. The smallest absolute Gasteiger partial charge is 0.408 e. The van der Waals surface area contributed by atoms with Crippen molar-refractivity contribution in [3.63, 3.8) is 0 Å². The number of halogens is 1. The normalized spacial score (nSPS) is 21.9. The van der Waals surface area contributed by atoms with Crippen LogP contribution in [0.1, 0.15) is 68.9 Å². The van der Waals surface area contributed by atoms with Gasteiger partial charge in [-0.15, -0.1) is 0 Å². The van der Waals surface area contributed by atoms with Gasteiger partial charge in [-0.3, -0.25) is 9.36 Å². The Morgan fingerprint density at radius 3 is 2.65 bits per heavy atom. The molecule has 2 atom stereocenters. The predicted molar refractivity (Wildman–Crippen MR) is 137 cm³/mol. The third-order valence-corrected chi connectivity index (χ3v) is 7.57. The zero-order valence-corrected chi connectivity index (χ0v) is 21.5. The molecule has 198 valence electrons. The van der Waals surface area contributed by atoms with Crippen LogP contribution in [0.4, 0.5) is 14.9 Å². The number of alkyl carbamates (subject to hydrolysis) is 1. The summed E-state index contributed by atoms with van der Waals surface area (Å²) < 4.78 is 29.0. The van der Waals surface area contributed by atoms with Crippen LogP contribution in [0, 0.1) is 11.7 Å². The maximum absolute atomic E-state index is 16.1. The summed E-state index contributed by atoms with van der Waals surface area (Å²) in [5, 5.41) is 12.9. The average molecular weight is 514 g/mol. The zero-order chi connectivity index (χ0) is 26.9. The van der Waals surface area contributed by atoms with Crippen LogP contribution in [-0.4, -0.2) is 52.6 Å². The molecule has 0 spiro atoms. The Labute approximate surface area is 213 Å². The number of hydrogen-bond donors (Lipinski definition) is 2. The molecule has 1 aromatic heterocycles. The lowest BCUT2D eigenvalue weighted by molar-refractivity contribution is 0.0477. The van der Waals surface area contributed by atoms with Crippen LogP contribution in [0.25, 0.3) is 17.0 Å². The van der Waals surface area contributed by atoms with Crippen LogP contribution in [0.2, 0.25) is 0 Å². The number of aromatic nitrogens is 1. The van der Waals surface area contributed by atoms with Gasteiger partial charge in [0.25, 0.3) is 5.56 Å². The molecule has 0 radical (unpaired) electrons. The number of carbonyl (C=O) groups is 2. The van der Waals surface area contributed by atoms with Crippen molar-refractivity contribution < 1.29 is 28.6 Å². The number of ether oxygens (including phenoxy) is 2. The van der Waals surface area contributed by atoms with Crippen LogP contribution in [0.5, 0.6) is 5.75 Å². The second kappa shape index (κ2) is 8.49. The molecular weight excluding hydrogens is 481 g/mol. The van der Waals surface area contributed by atoms with Gasteiger partial charge in [0.15, 0.2) is 11.6 Å². The Morgan fingerprint density at radius 2 is 2.05 bits per heavy atom. The van der Waals surface area contributed by atoms with Crippen LogP contribution in [-0.2, 0) is 4.74 Å². The Hall–Kier alpha value is -3.56. The Bertz CT molecular complexity index is 1390. The van der Waals surface area contributed by atoms with E-state index in [1.165, 1.54) is 16.7 Å². The van der Waals surface area contributed by atoms with Crippen molar-refractivity contribution in [3.8, 4) is 5.75 Å². The number of carboxylic acids is 1. The summed E-state index contributed by atoms with van der Waals surface area (Å²) in [5.74, 6) is -1.63. The first-order valence-electron chi connectivity index (χ1n) is 12.6. The fourth-order valence-corrected chi connectivity index (χ4v) is 5.69. The van der Waals surface area contributed by atoms with Crippen molar-refractivity contribution in [2.24, 2.45) is 5.92 Å². The summed E-state index contributed by atoms with van der Waals surface area (Å²) in [7, 11) is 0. The SMILES string of the molecule is C=Cc1c(F)c(N2CC[C@@H](C3(NC(=O)OC(C)(C)C)CC3)C2)c2c3c1cc(C(=O)O)c(=O)n3[C@@H](C)CO2. The van der Waals surface area contributed by atoms with E-state index in [4.69, 9.17) is 9.47 Å². The van der Waals surface area contributed by atoms with Crippen LogP contribution in [0.3, 0.4) is 0 Å². The largest absolute Gasteiger partial charge is 0.487 e. The van der Waals surface area contributed by atoms with Crippen molar-refractivity contribution >= 4 is 34.7 Å². The molecule has 0 bridgehead atoms. The molecular formula is C27H32FN3O6. The van der Waals surface area contributed by atoms with Crippen molar-refractivity contribution in [1.82, 2.24) is 9.88 Å². The first kappa shape index (κ1) is 25.1. The van der Waals surface area contributed by atoms with E-state index in [0.29, 0.717) is 18.6 Å². The van der Waals surface area contributed by atoms with Gasteiger partial charge >= 0.3 is 12.1 Å². The lowest BCUT2D eigenvalue weighted by Gasteiger charge is -2.32. The lowest BCUT2D eigenvalue weighted by atomic mass is 9.96. The molecule has 1 saturated carbocycles. The number of aromatic carboxylic acids is 1. The molecule has 2 N–H and O–H groups in total. The second-order valence-corrected chi connectivity index (χ2v) is 11.3. The highest BCUT2D eigenvalue weighted by Gasteiger charge is 2.53. The van der Waals surface area contributed by atoms with E-state index in [0.717, 1.165) is 19.3 Å². The van der Waals surface area contributed by atoms with Crippen molar-refractivity contribution in [2.45, 2.75) is 64.1 Å². The van der Waals surface area contributed by atoms with Crippen molar-refractivity contribution in [3.05, 3.63) is 39.9 Å². The maximum atomic E-state index is 16.1. The Morgan fingerprint density at radius 1 is 1.35 bits per heavy atom. The fraction of sp³-hybridized carbons (Fsp3) is 0.519. The molecule has 1 saturated heterocycles. The van der Waals surface area contributed by atoms with E-state index in [-0.39, 0.29) is 34.9 Å². The molecule has 1 aliphatic carbocycles. The van der Waals surface area contributed by atoms with E-state index in [1.807, 2.05) is 25.7 Å². The molecule has 10 heteroatoms. The van der Waals surface area contributed by atoms with E-state index < -0.39 is 46.2 Å². The second-order valence-electron chi connectivity index (χ2n) is 11.3. The molecule has 9 nitrogen and oxygen atoms in total.